The maximum Gasteiger partial charge on any atom is 0.338 e. The van der Waals surface area contributed by atoms with Crippen LogP contribution in [0.4, 0.5) is 0 Å². The molecule has 0 aliphatic heterocycles. The molecule has 11 heteroatoms. The Labute approximate surface area is 226 Å². The smallest absolute Gasteiger partial charge is 0.338 e. The summed E-state index contributed by atoms with van der Waals surface area (Å²) in [7, 11) is -3.78. The number of hydrogen-bond donors (Lipinski definition) is 0. The predicted molar refractivity (Wildman–Crippen MR) is 148 cm³/mol. The summed E-state index contributed by atoms with van der Waals surface area (Å²) in [6.07, 6.45) is 3.00. The molecule has 0 aliphatic rings. The Morgan fingerprint density at radius 1 is 1.03 bits per heavy atom. The third-order valence-electron chi connectivity index (χ3n) is 5.46. The summed E-state index contributed by atoms with van der Waals surface area (Å²) < 4.78 is 40.4. The van der Waals surface area contributed by atoms with Crippen LogP contribution in [0.5, 0.6) is 0 Å². The van der Waals surface area contributed by atoms with Gasteiger partial charge in [-0.05, 0) is 56.3 Å². The van der Waals surface area contributed by atoms with E-state index < -0.39 is 21.9 Å². The molecule has 3 aromatic rings. The van der Waals surface area contributed by atoms with Crippen molar-refractivity contribution in [2.75, 3.05) is 32.9 Å². The molecule has 0 saturated heterocycles. The number of aromatic nitrogens is 1. The highest BCUT2D eigenvalue weighted by Gasteiger charge is 2.22. The van der Waals surface area contributed by atoms with E-state index in [1.54, 1.807) is 25.1 Å². The summed E-state index contributed by atoms with van der Waals surface area (Å²) in [5.74, 6) is -0.946. The zero-order valence-corrected chi connectivity index (χ0v) is 23.1. The number of hydrogen-bond acceptors (Lipinski definition) is 7. The first kappa shape index (κ1) is 29.2. The Balaban J connectivity index is 1.98. The van der Waals surface area contributed by atoms with Crippen molar-refractivity contribution in [1.82, 2.24) is 8.87 Å². The van der Waals surface area contributed by atoms with Crippen LogP contribution in [0.2, 0.25) is 0 Å². The highest BCUT2D eigenvalue weighted by atomic mass is 32.2. The van der Waals surface area contributed by atoms with E-state index >= 15 is 0 Å². The molecule has 0 N–H and O–H groups in total. The Hall–Kier alpha value is -3.38. The van der Waals surface area contributed by atoms with E-state index in [1.165, 1.54) is 52.1 Å². The molecular formula is C27H31N3O6S2. The normalized spacial score (nSPS) is 12.1. The highest BCUT2D eigenvalue weighted by Crippen LogP contribution is 2.21. The van der Waals surface area contributed by atoms with Gasteiger partial charge in [-0.3, -0.25) is 4.79 Å². The zero-order valence-electron chi connectivity index (χ0n) is 21.5. The van der Waals surface area contributed by atoms with Gasteiger partial charge in [-0.1, -0.05) is 23.5 Å². The molecule has 202 valence electrons. The number of thiazole rings is 1. The van der Waals surface area contributed by atoms with Crippen molar-refractivity contribution < 1.29 is 27.5 Å². The molecule has 38 heavy (non-hydrogen) atoms. The first-order chi connectivity index (χ1) is 18.3. The number of carbonyl (C=O) groups is 2. The molecule has 0 bridgehead atoms. The van der Waals surface area contributed by atoms with Gasteiger partial charge in [0.1, 0.15) is 0 Å². The number of rotatable bonds is 13. The Morgan fingerprint density at radius 3 is 2.29 bits per heavy atom. The fraction of sp³-hybridized carbons (Fsp3) is 0.296. The van der Waals surface area contributed by atoms with Gasteiger partial charge in [0.15, 0.2) is 4.80 Å². The van der Waals surface area contributed by atoms with Crippen LogP contribution in [0.1, 0.15) is 34.6 Å². The van der Waals surface area contributed by atoms with Crippen molar-refractivity contribution in [2.45, 2.75) is 25.3 Å². The van der Waals surface area contributed by atoms with Gasteiger partial charge >= 0.3 is 5.97 Å². The van der Waals surface area contributed by atoms with Crippen LogP contribution in [-0.2, 0) is 26.0 Å². The Bertz CT molecular complexity index is 1480. The second kappa shape index (κ2) is 13.4. The average Bonchev–Trinajstić information content (AvgIpc) is 3.24. The minimum Gasteiger partial charge on any atom is -0.462 e. The number of nitrogens with zero attached hydrogens (tertiary/aromatic N) is 3. The lowest BCUT2D eigenvalue weighted by atomic mass is 10.2. The molecule has 0 fully saturated rings. The molecule has 0 radical (unpaired) electrons. The van der Waals surface area contributed by atoms with E-state index in [4.69, 9.17) is 9.47 Å². The van der Waals surface area contributed by atoms with E-state index in [1.807, 2.05) is 11.5 Å². The zero-order chi connectivity index (χ0) is 27.7. The van der Waals surface area contributed by atoms with Crippen LogP contribution < -0.4 is 4.80 Å². The van der Waals surface area contributed by atoms with E-state index in [-0.39, 0.29) is 30.2 Å². The van der Waals surface area contributed by atoms with Crippen LogP contribution >= 0.6 is 11.3 Å². The Morgan fingerprint density at radius 2 is 1.68 bits per heavy atom. The topological polar surface area (TPSA) is 107 Å². The molecule has 0 saturated carbocycles. The lowest BCUT2D eigenvalue weighted by molar-refractivity contribution is 0.0526. The predicted octanol–water partition coefficient (Wildman–Crippen LogP) is 4.02. The maximum atomic E-state index is 13.1. The fourth-order valence-electron chi connectivity index (χ4n) is 3.64. The number of carbonyl (C=O) groups excluding carboxylic acids is 2. The number of benzene rings is 2. The van der Waals surface area contributed by atoms with Gasteiger partial charge in [0.05, 0.1) is 33.9 Å². The maximum absolute atomic E-state index is 13.1. The number of esters is 1. The van der Waals surface area contributed by atoms with Crippen molar-refractivity contribution in [3.8, 4) is 0 Å². The quantitative estimate of drug-likeness (QED) is 0.179. The standard InChI is InChI=1S/C27H31N3O6S2/c1-5-15-29(16-6-2)38(33,34)22-12-9-20(10-13-22)25(31)28-27-30(17-18-35-7-3)23-14-11-21(19-24(23)37-27)26(32)36-8-4/h5-6,9-14,19H,1-2,7-8,15-18H2,3-4H3. The molecule has 3 rings (SSSR count). The minimum absolute atomic E-state index is 0.0536. The lowest BCUT2D eigenvalue weighted by Crippen LogP contribution is -2.31. The van der Waals surface area contributed by atoms with Crippen LogP contribution in [0.15, 0.2) is 77.7 Å². The van der Waals surface area contributed by atoms with E-state index in [2.05, 4.69) is 18.2 Å². The first-order valence-corrected chi connectivity index (χ1v) is 14.3. The van der Waals surface area contributed by atoms with Gasteiger partial charge < -0.3 is 14.0 Å². The number of fused-ring (bicyclic) bond motifs is 1. The third-order valence-corrected chi connectivity index (χ3v) is 8.35. The molecule has 1 amide bonds. The summed E-state index contributed by atoms with van der Waals surface area (Å²) in [5.41, 5.74) is 1.46. The summed E-state index contributed by atoms with van der Waals surface area (Å²) in [6.45, 7) is 12.8. The van der Waals surface area contributed by atoms with Crippen LogP contribution in [0.25, 0.3) is 10.2 Å². The minimum atomic E-state index is -3.78. The van der Waals surface area contributed by atoms with Crippen molar-refractivity contribution in [3.05, 3.63) is 83.7 Å². The second-order valence-corrected chi connectivity index (χ2v) is 10.9. The SMILES string of the molecule is C=CCN(CC=C)S(=O)(=O)c1ccc(C(=O)N=c2sc3cc(C(=O)OCC)ccc3n2CCOCC)cc1. The first-order valence-electron chi connectivity index (χ1n) is 12.1. The third kappa shape index (κ3) is 6.73. The average molecular weight is 558 g/mol. The van der Waals surface area contributed by atoms with Crippen LogP contribution in [0, 0.1) is 0 Å². The molecule has 1 aromatic heterocycles. The van der Waals surface area contributed by atoms with Crippen LogP contribution in [-0.4, -0.2) is 62.1 Å². The summed E-state index contributed by atoms with van der Waals surface area (Å²) in [5, 5.41) is 0. The molecule has 9 nitrogen and oxygen atoms in total. The van der Waals surface area contributed by atoms with Gasteiger partial charge in [-0.15, -0.1) is 13.2 Å². The Kier molecular flexibility index (Phi) is 10.3. The van der Waals surface area contributed by atoms with Crippen molar-refractivity contribution in [2.24, 2.45) is 4.99 Å². The van der Waals surface area contributed by atoms with Crippen LogP contribution in [0.3, 0.4) is 0 Å². The summed E-state index contributed by atoms with van der Waals surface area (Å²) in [6, 6.07) is 10.8. The number of amides is 1. The van der Waals surface area contributed by atoms with E-state index in [0.717, 1.165) is 10.2 Å². The lowest BCUT2D eigenvalue weighted by Gasteiger charge is -2.19. The summed E-state index contributed by atoms with van der Waals surface area (Å²) in [4.78, 5) is 30.1. The number of ether oxygens (including phenoxy) is 2. The van der Waals surface area contributed by atoms with E-state index in [0.29, 0.717) is 30.1 Å². The molecular weight excluding hydrogens is 526 g/mol. The van der Waals surface area contributed by atoms with Gasteiger partial charge in [0.2, 0.25) is 10.0 Å². The largest absolute Gasteiger partial charge is 0.462 e. The van der Waals surface area contributed by atoms with Gasteiger partial charge in [0, 0.05) is 31.8 Å². The fourth-order valence-corrected chi connectivity index (χ4v) is 6.12. The highest BCUT2D eigenvalue weighted by molar-refractivity contribution is 7.89. The van der Waals surface area contributed by atoms with E-state index in [9.17, 15) is 18.0 Å². The molecule has 1 heterocycles. The van der Waals surface area contributed by atoms with Gasteiger partial charge in [0.25, 0.3) is 5.91 Å². The molecule has 0 unspecified atom stereocenters. The molecule has 0 spiro atoms. The number of sulfonamides is 1. The van der Waals surface area contributed by atoms with Crippen molar-refractivity contribution in [1.29, 1.82) is 0 Å². The van der Waals surface area contributed by atoms with Gasteiger partial charge in [-0.25, -0.2) is 13.2 Å². The van der Waals surface area contributed by atoms with Gasteiger partial charge in [-0.2, -0.15) is 9.30 Å². The molecule has 2 aromatic carbocycles. The monoisotopic (exact) mass is 557 g/mol. The second-order valence-electron chi connectivity index (χ2n) is 7.98. The van der Waals surface area contributed by atoms with Crippen molar-refractivity contribution in [3.63, 3.8) is 0 Å². The molecule has 0 aliphatic carbocycles. The summed E-state index contributed by atoms with van der Waals surface area (Å²) >= 11 is 1.27. The van der Waals surface area contributed by atoms with Crippen molar-refractivity contribution >= 4 is 43.5 Å². The molecule has 0 atom stereocenters.